The molecule has 27 heavy (non-hydrogen) atoms. The zero-order chi connectivity index (χ0) is 18.8. The van der Waals surface area contributed by atoms with Crippen molar-refractivity contribution in [1.29, 1.82) is 0 Å². The summed E-state index contributed by atoms with van der Waals surface area (Å²) in [5, 5.41) is 0. The Morgan fingerprint density at radius 2 is 1.96 bits per heavy atom. The number of benzene rings is 1. The highest BCUT2D eigenvalue weighted by Gasteiger charge is 2.20. The van der Waals surface area contributed by atoms with E-state index in [4.69, 9.17) is 4.98 Å². The molecule has 1 aromatic carbocycles. The molecule has 2 aromatic heterocycles. The Hall–Kier alpha value is -3.28. The smallest absolute Gasteiger partial charge is 0.255 e. The molecule has 1 aliphatic heterocycles. The summed E-state index contributed by atoms with van der Waals surface area (Å²) < 4.78 is 1.60. The van der Waals surface area contributed by atoms with E-state index in [2.05, 4.69) is 52.1 Å². The lowest BCUT2D eigenvalue weighted by Gasteiger charge is -2.30. The van der Waals surface area contributed by atoms with Gasteiger partial charge >= 0.3 is 0 Å². The fourth-order valence-corrected chi connectivity index (χ4v) is 3.43. The van der Waals surface area contributed by atoms with Gasteiger partial charge in [-0.05, 0) is 36.1 Å². The summed E-state index contributed by atoms with van der Waals surface area (Å²) in [6.45, 7) is 3.67. The van der Waals surface area contributed by atoms with Crippen LogP contribution in [-0.4, -0.2) is 32.6 Å². The topological polar surface area (TPSA) is 63.9 Å². The van der Waals surface area contributed by atoms with Crippen LogP contribution in [0.2, 0.25) is 0 Å². The first-order valence-electron chi connectivity index (χ1n) is 8.98. The van der Waals surface area contributed by atoms with Crippen LogP contribution in [-0.2, 0) is 7.05 Å². The molecule has 6 heteroatoms. The fourth-order valence-electron chi connectivity index (χ4n) is 3.43. The van der Waals surface area contributed by atoms with Crippen LogP contribution in [0, 0.1) is 6.92 Å². The number of nitrogens with zero attached hydrogens (tertiary/aromatic N) is 5. The van der Waals surface area contributed by atoms with Gasteiger partial charge in [0.1, 0.15) is 6.33 Å². The molecule has 0 radical (unpaired) electrons. The van der Waals surface area contributed by atoms with E-state index in [1.54, 1.807) is 23.9 Å². The highest BCUT2D eigenvalue weighted by Crippen LogP contribution is 2.26. The Labute approximate surface area is 157 Å². The van der Waals surface area contributed by atoms with Crippen molar-refractivity contribution in [2.24, 2.45) is 7.05 Å². The monoisotopic (exact) mass is 359 g/mol. The number of rotatable bonds is 3. The van der Waals surface area contributed by atoms with Gasteiger partial charge in [0, 0.05) is 32.4 Å². The van der Waals surface area contributed by atoms with Crippen molar-refractivity contribution in [2.45, 2.75) is 13.3 Å². The standard InChI is InChI=1S/C21H21N5O/c1-15-6-3-4-8-17(15)16-7-5-11-26(13-16)21-24-19(12-20(27)25(21)2)18-9-10-22-14-23-18/h3-4,6-10,12,14H,5,11,13H2,1-2H3. The van der Waals surface area contributed by atoms with Gasteiger partial charge in [-0.2, -0.15) is 0 Å². The average Bonchev–Trinajstić information content (AvgIpc) is 2.71. The van der Waals surface area contributed by atoms with Gasteiger partial charge in [0.05, 0.1) is 11.4 Å². The van der Waals surface area contributed by atoms with Crippen LogP contribution < -0.4 is 10.5 Å². The van der Waals surface area contributed by atoms with Crippen LogP contribution >= 0.6 is 0 Å². The van der Waals surface area contributed by atoms with Crippen LogP contribution in [0.15, 0.2) is 59.8 Å². The first-order valence-corrected chi connectivity index (χ1v) is 8.98. The number of hydrogen-bond acceptors (Lipinski definition) is 5. The highest BCUT2D eigenvalue weighted by atomic mass is 16.1. The molecule has 1 aliphatic rings. The second-order valence-electron chi connectivity index (χ2n) is 6.69. The zero-order valence-electron chi connectivity index (χ0n) is 15.5. The second kappa shape index (κ2) is 7.15. The van der Waals surface area contributed by atoms with E-state index in [1.807, 2.05) is 0 Å². The SMILES string of the molecule is Cc1ccccc1C1=CCCN(c2nc(-c3ccncn3)cc(=O)n2C)C1. The molecule has 3 heterocycles. The van der Waals surface area contributed by atoms with Crippen molar-refractivity contribution in [3.05, 3.63) is 76.5 Å². The highest BCUT2D eigenvalue weighted by molar-refractivity contribution is 5.73. The summed E-state index contributed by atoms with van der Waals surface area (Å²) in [5.74, 6) is 0.662. The molecule has 3 aromatic rings. The summed E-state index contributed by atoms with van der Waals surface area (Å²) in [4.78, 5) is 27.6. The quantitative estimate of drug-likeness (QED) is 0.719. The number of aryl methyl sites for hydroxylation is 1. The molecule has 0 amide bonds. The minimum atomic E-state index is -0.0967. The van der Waals surface area contributed by atoms with E-state index in [-0.39, 0.29) is 5.56 Å². The molecule has 4 rings (SSSR count). The van der Waals surface area contributed by atoms with Crippen molar-refractivity contribution >= 4 is 11.5 Å². The largest absolute Gasteiger partial charge is 0.338 e. The van der Waals surface area contributed by atoms with Crippen LogP contribution in [0.3, 0.4) is 0 Å². The molecule has 0 bridgehead atoms. The van der Waals surface area contributed by atoms with Crippen molar-refractivity contribution in [3.63, 3.8) is 0 Å². The van der Waals surface area contributed by atoms with E-state index >= 15 is 0 Å². The van der Waals surface area contributed by atoms with Crippen molar-refractivity contribution in [3.8, 4) is 11.4 Å². The maximum Gasteiger partial charge on any atom is 0.255 e. The third kappa shape index (κ3) is 3.38. The van der Waals surface area contributed by atoms with E-state index < -0.39 is 0 Å². The van der Waals surface area contributed by atoms with Gasteiger partial charge < -0.3 is 4.90 Å². The molecule has 0 saturated heterocycles. The Morgan fingerprint density at radius 1 is 1.11 bits per heavy atom. The molecular formula is C21H21N5O. The lowest BCUT2D eigenvalue weighted by atomic mass is 9.97. The second-order valence-corrected chi connectivity index (χ2v) is 6.69. The van der Waals surface area contributed by atoms with E-state index in [0.29, 0.717) is 17.3 Å². The molecule has 0 spiro atoms. The Bertz CT molecular complexity index is 1060. The molecule has 0 atom stereocenters. The van der Waals surface area contributed by atoms with Crippen LogP contribution in [0.5, 0.6) is 0 Å². The summed E-state index contributed by atoms with van der Waals surface area (Å²) in [7, 11) is 1.76. The van der Waals surface area contributed by atoms with Crippen molar-refractivity contribution in [1.82, 2.24) is 19.5 Å². The van der Waals surface area contributed by atoms with E-state index in [0.717, 1.165) is 19.5 Å². The van der Waals surface area contributed by atoms with E-state index in [1.165, 1.54) is 29.1 Å². The van der Waals surface area contributed by atoms with Crippen molar-refractivity contribution < 1.29 is 0 Å². The van der Waals surface area contributed by atoms with Gasteiger partial charge in [0.25, 0.3) is 5.56 Å². The zero-order valence-corrected chi connectivity index (χ0v) is 15.5. The Morgan fingerprint density at radius 3 is 2.74 bits per heavy atom. The third-order valence-corrected chi connectivity index (χ3v) is 4.88. The summed E-state index contributed by atoms with van der Waals surface area (Å²) >= 11 is 0. The Kier molecular flexibility index (Phi) is 4.54. The molecular weight excluding hydrogens is 338 g/mol. The lowest BCUT2D eigenvalue weighted by molar-refractivity contribution is 0.726. The molecule has 0 fully saturated rings. The molecule has 0 unspecified atom stereocenters. The molecule has 0 N–H and O–H groups in total. The maximum atomic E-state index is 12.5. The first kappa shape index (κ1) is 17.1. The van der Waals surface area contributed by atoms with Gasteiger partial charge in [0.2, 0.25) is 5.95 Å². The molecule has 136 valence electrons. The summed E-state index contributed by atoms with van der Waals surface area (Å²) in [5.41, 5.74) is 4.89. The minimum absolute atomic E-state index is 0.0967. The normalized spacial score (nSPS) is 14.1. The van der Waals surface area contributed by atoms with Crippen LogP contribution in [0.25, 0.3) is 17.0 Å². The molecule has 0 aliphatic carbocycles. The van der Waals surface area contributed by atoms with Gasteiger partial charge in [-0.25, -0.2) is 15.0 Å². The van der Waals surface area contributed by atoms with Gasteiger partial charge in [0.15, 0.2) is 0 Å². The van der Waals surface area contributed by atoms with Gasteiger partial charge in [-0.15, -0.1) is 0 Å². The van der Waals surface area contributed by atoms with Gasteiger partial charge in [-0.3, -0.25) is 9.36 Å². The van der Waals surface area contributed by atoms with Crippen LogP contribution in [0.1, 0.15) is 17.5 Å². The predicted octanol–water partition coefficient (Wildman–Crippen LogP) is 2.84. The minimum Gasteiger partial charge on any atom is -0.338 e. The van der Waals surface area contributed by atoms with Crippen LogP contribution in [0.4, 0.5) is 5.95 Å². The number of anilines is 1. The third-order valence-electron chi connectivity index (χ3n) is 4.88. The summed E-state index contributed by atoms with van der Waals surface area (Å²) in [6, 6.07) is 11.7. The fraction of sp³-hybridized carbons (Fsp3) is 0.238. The lowest BCUT2D eigenvalue weighted by Crippen LogP contribution is -2.35. The van der Waals surface area contributed by atoms with Crippen molar-refractivity contribution in [2.75, 3.05) is 18.0 Å². The summed E-state index contributed by atoms with van der Waals surface area (Å²) in [6.07, 6.45) is 6.32. The Balaban J connectivity index is 1.72. The predicted molar refractivity (Wildman–Crippen MR) is 106 cm³/mol. The average molecular weight is 359 g/mol. The molecule has 6 nitrogen and oxygen atoms in total. The van der Waals surface area contributed by atoms with Gasteiger partial charge in [-0.1, -0.05) is 30.3 Å². The molecule has 0 saturated carbocycles. The maximum absolute atomic E-state index is 12.5. The first-order chi connectivity index (χ1) is 13.1. The van der Waals surface area contributed by atoms with E-state index in [9.17, 15) is 4.79 Å². The number of hydrogen-bond donors (Lipinski definition) is 0. The number of aromatic nitrogens is 4.